The Bertz CT molecular complexity index is 555. The summed E-state index contributed by atoms with van der Waals surface area (Å²) in [5.74, 6) is -6.72. The summed E-state index contributed by atoms with van der Waals surface area (Å²) in [6, 6.07) is 0. The monoisotopic (exact) mass is 548 g/mol. The van der Waals surface area contributed by atoms with Gasteiger partial charge in [-0.25, -0.2) is 0 Å². The van der Waals surface area contributed by atoms with E-state index in [0.29, 0.717) is 12.2 Å². The van der Waals surface area contributed by atoms with Gasteiger partial charge in [0.25, 0.3) is 0 Å². The van der Waals surface area contributed by atoms with Crippen LogP contribution < -0.4 is 20.4 Å². The molecule has 0 unspecified atom stereocenters. The third-order valence-electron chi connectivity index (χ3n) is 3.97. The molecule has 0 heterocycles. The zero-order valence-corrected chi connectivity index (χ0v) is 23.6. The summed E-state index contributed by atoms with van der Waals surface area (Å²) < 4.78 is 3.33. The molecule has 0 amide bonds. The van der Waals surface area contributed by atoms with Gasteiger partial charge >= 0.3 is 69.5 Å². The minimum absolute atomic E-state index is 0.159. The van der Waals surface area contributed by atoms with Crippen LogP contribution in [0.5, 0.6) is 0 Å². The van der Waals surface area contributed by atoms with E-state index in [9.17, 15) is 39.6 Å². The fourth-order valence-electron chi connectivity index (χ4n) is 2.21. The van der Waals surface area contributed by atoms with Crippen molar-refractivity contribution >= 4 is 45.0 Å². The summed E-state index contributed by atoms with van der Waals surface area (Å²) in [7, 11) is 0. The van der Waals surface area contributed by atoms with Crippen molar-refractivity contribution in [2.75, 3.05) is 0 Å². The quantitative estimate of drug-likeness (QED) is 0.166. The van der Waals surface area contributed by atoms with E-state index >= 15 is 0 Å². The second kappa shape index (κ2) is 21.4. The summed E-state index contributed by atoms with van der Waals surface area (Å²) in [5.41, 5.74) is -0.519. The first kappa shape index (κ1) is 33.8. The van der Waals surface area contributed by atoms with Crippen LogP contribution in [-0.4, -0.2) is 45.0 Å². The molecule has 0 fully saturated rings. The van der Waals surface area contributed by atoms with Gasteiger partial charge in [-0.15, -0.1) is 0 Å². The molecule has 0 aromatic carbocycles. The molecule has 0 saturated carbocycles. The Hall–Kier alpha value is -1.84. The summed E-state index contributed by atoms with van der Waals surface area (Å²) in [6.45, 7) is 10.8. The van der Waals surface area contributed by atoms with Gasteiger partial charge in [0.2, 0.25) is 0 Å². The van der Waals surface area contributed by atoms with Gasteiger partial charge in [-0.1, -0.05) is 27.7 Å². The third-order valence-corrected chi connectivity index (χ3v) is 9.68. The fourth-order valence-corrected chi connectivity index (χ4v) is 8.09. The van der Waals surface area contributed by atoms with Crippen LogP contribution >= 0.6 is 0 Å². The molecule has 0 aliphatic carbocycles. The molecule has 176 valence electrons. The molecule has 0 aromatic heterocycles. The first-order chi connectivity index (χ1) is 14.3. The van der Waals surface area contributed by atoms with E-state index in [1.807, 2.05) is 0 Å². The molecule has 0 aliphatic rings. The maximum absolute atomic E-state index is 10.2. The van der Waals surface area contributed by atoms with Crippen LogP contribution in [-0.2, 0) is 19.2 Å². The molecule has 0 N–H and O–H groups in total. The van der Waals surface area contributed by atoms with Crippen molar-refractivity contribution in [2.45, 2.75) is 76.1 Å². The SMILES string of the molecule is CC(C)/C(=C/C(=O)[O-])C(=O)[O-].CC(C)/C(=C/C(=O)[O-])C(=O)[O-].CCC[CH2][SnH2+4][CH2]CCC. The Kier molecular flexibility index (Phi) is 23.3. The van der Waals surface area contributed by atoms with E-state index < -0.39 is 23.9 Å². The van der Waals surface area contributed by atoms with Gasteiger partial charge in [0.15, 0.2) is 0 Å². The van der Waals surface area contributed by atoms with E-state index in [-0.39, 0.29) is 44.1 Å². The van der Waals surface area contributed by atoms with Gasteiger partial charge in [-0.05, 0) is 35.1 Å². The summed E-state index contributed by atoms with van der Waals surface area (Å²) in [4.78, 5) is 40.3. The first-order valence-corrected chi connectivity index (χ1v) is 16.3. The van der Waals surface area contributed by atoms with Crippen LogP contribution in [0.1, 0.15) is 67.2 Å². The molecular weight excluding hydrogens is 511 g/mol. The molecule has 0 rings (SSSR count). The van der Waals surface area contributed by atoms with Crippen LogP contribution in [0, 0.1) is 11.8 Å². The number of rotatable bonds is 12. The average molecular weight is 547 g/mol. The first-order valence-electron chi connectivity index (χ1n) is 10.6. The van der Waals surface area contributed by atoms with Crippen LogP contribution in [0.4, 0.5) is 0 Å². The number of carboxylic acids is 4. The molecule has 31 heavy (non-hydrogen) atoms. The Balaban J connectivity index is -0.000000382. The van der Waals surface area contributed by atoms with Crippen molar-refractivity contribution in [1.29, 1.82) is 0 Å². The molecule has 0 aliphatic heterocycles. The Labute approximate surface area is 195 Å². The van der Waals surface area contributed by atoms with Gasteiger partial charge in [0.05, 0.1) is 23.9 Å². The van der Waals surface area contributed by atoms with Gasteiger partial charge in [0.1, 0.15) is 0 Å². The molecule has 0 atom stereocenters. The molecule has 0 saturated heterocycles. The van der Waals surface area contributed by atoms with Crippen LogP contribution in [0.15, 0.2) is 23.3 Å². The van der Waals surface area contributed by atoms with E-state index in [0.717, 1.165) is 0 Å². The molecule has 0 aromatic rings. The van der Waals surface area contributed by atoms with Crippen molar-refractivity contribution < 1.29 is 39.6 Å². The van der Waals surface area contributed by atoms with Crippen molar-refractivity contribution in [3.63, 3.8) is 0 Å². The Morgan fingerprint density at radius 1 is 0.677 bits per heavy atom. The van der Waals surface area contributed by atoms with Crippen molar-refractivity contribution in [3.05, 3.63) is 23.3 Å². The predicted octanol–water partition coefficient (Wildman–Crippen LogP) is -1.27. The van der Waals surface area contributed by atoms with Crippen molar-refractivity contribution in [2.24, 2.45) is 11.8 Å². The fraction of sp³-hybridized carbons (Fsp3) is 0.636. The number of aliphatic carboxylic acids is 4. The summed E-state index contributed by atoms with van der Waals surface area (Å²) >= 11 is -0.159. The average Bonchev–Trinajstić information content (AvgIpc) is 2.64. The number of hydrogen-bond acceptors (Lipinski definition) is 8. The van der Waals surface area contributed by atoms with Crippen LogP contribution in [0.3, 0.4) is 0 Å². The molecule has 8 nitrogen and oxygen atoms in total. The standard InChI is InChI=1S/2C7H10O4.2C4H9.Sn.2H/c2*1-4(2)5(7(10)11)3-6(8)9;2*1-3-4-2;;;/h2*3-4H,1-2H3,(H,8,9)(H,10,11);2*1,3-4H2,2H3;;;/q;;;;+4;;/p-4/b2*5-3-;;;;;. The molecule has 9 heteroatoms. The number of carbonyl (C=O) groups excluding carboxylic acids is 4. The minimum atomic E-state index is -1.52. The van der Waals surface area contributed by atoms with E-state index in [4.69, 9.17) is 0 Å². The van der Waals surface area contributed by atoms with Gasteiger partial charge in [0, 0.05) is 0 Å². The third kappa shape index (κ3) is 24.3. The number of carboxylic acid groups (broad SMARTS) is 4. The molecular formula is C22H36O8Sn. The van der Waals surface area contributed by atoms with E-state index in [1.165, 1.54) is 25.7 Å². The van der Waals surface area contributed by atoms with Gasteiger partial charge < -0.3 is 39.6 Å². The molecule has 0 bridgehead atoms. The molecule has 0 spiro atoms. The zero-order chi connectivity index (χ0) is 25.0. The summed E-state index contributed by atoms with van der Waals surface area (Å²) in [6.07, 6.45) is 6.98. The van der Waals surface area contributed by atoms with E-state index in [1.54, 1.807) is 36.6 Å². The predicted molar refractivity (Wildman–Crippen MR) is 114 cm³/mol. The van der Waals surface area contributed by atoms with Crippen LogP contribution in [0.2, 0.25) is 8.87 Å². The topological polar surface area (TPSA) is 161 Å². The number of carbonyl (C=O) groups is 4. The van der Waals surface area contributed by atoms with Gasteiger partial charge in [-0.2, -0.15) is 0 Å². The normalized spacial score (nSPS) is 11.2. The van der Waals surface area contributed by atoms with Crippen molar-refractivity contribution in [3.8, 4) is 0 Å². The van der Waals surface area contributed by atoms with Crippen molar-refractivity contribution in [1.82, 2.24) is 0 Å². The zero-order valence-electron chi connectivity index (χ0n) is 19.5. The second-order valence-corrected chi connectivity index (χ2v) is 13.5. The molecule has 4 radical (unpaired) electrons. The van der Waals surface area contributed by atoms with E-state index in [2.05, 4.69) is 13.8 Å². The van der Waals surface area contributed by atoms with Crippen LogP contribution in [0.25, 0.3) is 0 Å². The Morgan fingerprint density at radius 3 is 1.10 bits per heavy atom. The number of hydrogen-bond donors (Lipinski definition) is 0. The number of unbranched alkanes of at least 4 members (excludes halogenated alkanes) is 2. The summed E-state index contributed by atoms with van der Waals surface area (Å²) in [5, 5.41) is 40.3. The Morgan fingerprint density at radius 2 is 0.968 bits per heavy atom. The second-order valence-electron chi connectivity index (χ2n) is 7.49. The van der Waals surface area contributed by atoms with Gasteiger partial charge in [-0.3, -0.25) is 0 Å². The maximum atomic E-state index is 10.2.